The summed E-state index contributed by atoms with van der Waals surface area (Å²) in [7, 11) is 0. The predicted octanol–water partition coefficient (Wildman–Crippen LogP) is 1.28. The van der Waals surface area contributed by atoms with Crippen LogP contribution in [0.25, 0.3) is 0 Å². The second-order valence-corrected chi connectivity index (χ2v) is 5.52. The Kier molecular flexibility index (Phi) is 3.22. The van der Waals surface area contributed by atoms with Gasteiger partial charge in [0.2, 0.25) is 0 Å². The number of nitrogens with zero attached hydrogens (tertiary/aromatic N) is 1. The van der Waals surface area contributed by atoms with Crippen LogP contribution in [0.3, 0.4) is 0 Å². The van der Waals surface area contributed by atoms with Crippen molar-refractivity contribution in [3.8, 4) is 0 Å². The molecule has 2 rings (SSSR count). The lowest BCUT2D eigenvalue weighted by atomic mass is 10.0. The van der Waals surface area contributed by atoms with Crippen molar-refractivity contribution in [3.63, 3.8) is 0 Å². The van der Waals surface area contributed by atoms with Crippen molar-refractivity contribution in [2.75, 3.05) is 11.4 Å². The van der Waals surface area contributed by atoms with Gasteiger partial charge in [0.1, 0.15) is 5.60 Å². The molecule has 1 amide bonds. The van der Waals surface area contributed by atoms with Crippen LogP contribution in [0.15, 0.2) is 24.3 Å². The third kappa shape index (κ3) is 2.70. The average Bonchev–Trinajstić information content (AvgIpc) is 2.66. The number of rotatable bonds is 1. The van der Waals surface area contributed by atoms with Crippen molar-refractivity contribution in [2.24, 2.45) is 0 Å². The molecule has 5 nitrogen and oxygen atoms in total. The van der Waals surface area contributed by atoms with Crippen molar-refractivity contribution in [2.45, 2.75) is 32.3 Å². The first-order valence-corrected chi connectivity index (χ1v) is 6.10. The minimum absolute atomic E-state index is 0.0522. The van der Waals surface area contributed by atoms with Gasteiger partial charge in [0.25, 0.3) is 0 Å². The van der Waals surface area contributed by atoms with Crippen LogP contribution in [0.4, 0.5) is 10.5 Å². The van der Waals surface area contributed by atoms with E-state index in [-0.39, 0.29) is 6.54 Å². The van der Waals surface area contributed by atoms with Gasteiger partial charge in [-0.05, 0) is 32.4 Å². The summed E-state index contributed by atoms with van der Waals surface area (Å²) < 4.78 is 5.28. The zero-order valence-corrected chi connectivity index (χ0v) is 11.2. The average molecular weight is 262 g/mol. The number of amides is 1. The lowest BCUT2D eigenvalue weighted by Crippen LogP contribution is -2.38. The molecule has 0 spiro atoms. The molecule has 0 N–H and O–H groups in total. The Labute approximate surface area is 111 Å². The first kappa shape index (κ1) is 13.4. The molecule has 19 heavy (non-hydrogen) atoms. The van der Waals surface area contributed by atoms with Gasteiger partial charge in [0.05, 0.1) is 11.7 Å². The van der Waals surface area contributed by atoms with E-state index >= 15 is 0 Å². The quantitative estimate of drug-likeness (QED) is 0.764. The van der Waals surface area contributed by atoms with Crippen LogP contribution in [0, 0.1) is 0 Å². The summed E-state index contributed by atoms with van der Waals surface area (Å²) in [5.74, 6) is -1.98. The maximum Gasteiger partial charge on any atom is 0.414 e. The first-order chi connectivity index (χ1) is 8.79. The van der Waals surface area contributed by atoms with Crippen LogP contribution in [-0.4, -0.2) is 24.2 Å². The molecule has 0 aliphatic carbocycles. The van der Waals surface area contributed by atoms with Crippen molar-refractivity contribution >= 4 is 17.7 Å². The zero-order chi connectivity index (χ0) is 14.2. The molecule has 1 aliphatic heterocycles. The molecule has 0 fully saturated rings. The standard InChI is InChI=1S/C14H17NO4/c1-14(2,3)19-13(18)15-8-10(12(16)17)9-6-4-5-7-11(9)15/h4-7,10H,8H2,1-3H3,(H,16,17)/p-1. The fraction of sp³-hybridized carbons (Fsp3) is 0.429. The van der Waals surface area contributed by atoms with Gasteiger partial charge in [0, 0.05) is 12.5 Å². The molecular weight excluding hydrogens is 246 g/mol. The van der Waals surface area contributed by atoms with Crippen LogP contribution in [-0.2, 0) is 9.53 Å². The van der Waals surface area contributed by atoms with Gasteiger partial charge in [0.15, 0.2) is 0 Å². The van der Waals surface area contributed by atoms with Gasteiger partial charge in [-0.1, -0.05) is 18.2 Å². The number of hydrogen-bond acceptors (Lipinski definition) is 4. The van der Waals surface area contributed by atoms with E-state index < -0.39 is 23.6 Å². The van der Waals surface area contributed by atoms with Gasteiger partial charge in [-0.15, -0.1) is 0 Å². The molecule has 1 aromatic rings. The van der Waals surface area contributed by atoms with Crippen LogP contribution < -0.4 is 10.0 Å². The molecular formula is C14H16NO4-. The second kappa shape index (κ2) is 4.57. The molecule has 1 aromatic carbocycles. The monoisotopic (exact) mass is 262 g/mol. The van der Waals surface area contributed by atoms with E-state index in [9.17, 15) is 14.7 Å². The number of carbonyl (C=O) groups excluding carboxylic acids is 2. The largest absolute Gasteiger partial charge is 0.549 e. The van der Waals surface area contributed by atoms with Crippen LogP contribution in [0.1, 0.15) is 32.3 Å². The Morgan fingerprint density at radius 2 is 1.95 bits per heavy atom. The highest BCUT2D eigenvalue weighted by molar-refractivity contribution is 5.95. The first-order valence-electron chi connectivity index (χ1n) is 6.10. The Balaban J connectivity index is 2.30. The Hall–Kier alpha value is -2.04. The van der Waals surface area contributed by atoms with E-state index in [4.69, 9.17) is 4.74 Å². The van der Waals surface area contributed by atoms with E-state index in [0.29, 0.717) is 11.3 Å². The van der Waals surface area contributed by atoms with Gasteiger partial charge >= 0.3 is 6.09 Å². The number of anilines is 1. The van der Waals surface area contributed by atoms with Crippen molar-refractivity contribution in [1.29, 1.82) is 0 Å². The number of hydrogen-bond donors (Lipinski definition) is 0. The van der Waals surface area contributed by atoms with Crippen molar-refractivity contribution in [3.05, 3.63) is 29.8 Å². The highest BCUT2D eigenvalue weighted by Crippen LogP contribution is 2.36. The fourth-order valence-electron chi connectivity index (χ4n) is 2.10. The molecule has 0 saturated heterocycles. The maximum absolute atomic E-state index is 12.1. The van der Waals surface area contributed by atoms with E-state index in [0.717, 1.165) is 0 Å². The summed E-state index contributed by atoms with van der Waals surface area (Å²) in [5, 5.41) is 11.1. The smallest absolute Gasteiger partial charge is 0.414 e. The van der Waals surface area contributed by atoms with E-state index in [2.05, 4.69) is 0 Å². The number of para-hydroxylation sites is 1. The summed E-state index contributed by atoms with van der Waals surface area (Å²) in [5.41, 5.74) is 0.547. The Morgan fingerprint density at radius 3 is 2.53 bits per heavy atom. The molecule has 1 heterocycles. The molecule has 1 unspecified atom stereocenters. The van der Waals surface area contributed by atoms with Crippen molar-refractivity contribution in [1.82, 2.24) is 0 Å². The van der Waals surface area contributed by atoms with Crippen LogP contribution >= 0.6 is 0 Å². The Morgan fingerprint density at radius 1 is 1.32 bits per heavy atom. The van der Waals surface area contributed by atoms with Crippen molar-refractivity contribution < 1.29 is 19.4 Å². The molecule has 5 heteroatoms. The van der Waals surface area contributed by atoms with Crippen LogP contribution in [0.2, 0.25) is 0 Å². The molecule has 1 aliphatic rings. The minimum atomic E-state index is -1.18. The van der Waals surface area contributed by atoms with E-state index in [1.807, 2.05) is 0 Å². The van der Waals surface area contributed by atoms with E-state index in [1.54, 1.807) is 45.0 Å². The van der Waals surface area contributed by atoms with Gasteiger partial charge in [-0.25, -0.2) is 4.79 Å². The summed E-state index contributed by atoms with van der Waals surface area (Å²) in [4.78, 5) is 24.6. The lowest BCUT2D eigenvalue weighted by Gasteiger charge is -2.25. The highest BCUT2D eigenvalue weighted by atomic mass is 16.6. The summed E-state index contributed by atoms with van der Waals surface area (Å²) in [6.07, 6.45) is -0.538. The minimum Gasteiger partial charge on any atom is -0.549 e. The topological polar surface area (TPSA) is 69.7 Å². The number of carboxylic acids is 1. The normalized spacial score (nSPS) is 18.1. The molecule has 0 radical (unpaired) electrons. The lowest BCUT2D eigenvalue weighted by molar-refractivity contribution is -0.307. The summed E-state index contributed by atoms with van der Waals surface area (Å²) >= 11 is 0. The number of fused-ring (bicyclic) bond motifs is 1. The zero-order valence-electron chi connectivity index (χ0n) is 11.2. The molecule has 0 aromatic heterocycles. The maximum atomic E-state index is 12.1. The SMILES string of the molecule is CC(C)(C)OC(=O)N1CC(C(=O)[O-])c2ccccc21. The summed E-state index contributed by atoms with van der Waals surface area (Å²) in [6, 6.07) is 6.91. The molecule has 102 valence electrons. The highest BCUT2D eigenvalue weighted by Gasteiger charge is 2.35. The third-order valence-electron chi connectivity index (χ3n) is 2.87. The fourth-order valence-corrected chi connectivity index (χ4v) is 2.10. The van der Waals surface area contributed by atoms with Gasteiger partial charge < -0.3 is 14.6 Å². The number of aliphatic carboxylic acids is 1. The third-order valence-corrected chi connectivity index (χ3v) is 2.87. The molecule has 0 bridgehead atoms. The molecule has 1 atom stereocenters. The van der Waals surface area contributed by atoms with Gasteiger partial charge in [-0.3, -0.25) is 4.90 Å². The number of benzene rings is 1. The Bertz CT molecular complexity index is 518. The molecule has 0 saturated carbocycles. The number of carbonyl (C=O) groups is 2. The number of carboxylic acid groups (broad SMARTS) is 1. The van der Waals surface area contributed by atoms with Crippen LogP contribution in [0.5, 0.6) is 0 Å². The predicted molar refractivity (Wildman–Crippen MR) is 67.8 cm³/mol. The number of ether oxygens (including phenoxy) is 1. The summed E-state index contributed by atoms with van der Waals surface area (Å²) in [6.45, 7) is 5.35. The second-order valence-electron chi connectivity index (χ2n) is 5.52. The van der Waals surface area contributed by atoms with Gasteiger partial charge in [-0.2, -0.15) is 0 Å². The van der Waals surface area contributed by atoms with E-state index in [1.165, 1.54) is 4.90 Å².